The molecular formula is C21H28N2O4. The number of nitrogens with zero attached hydrogens (tertiary/aromatic N) is 1. The summed E-state index contributed by atoms with van der Waals surface area (Å²) < 4.78 is 13.5. The molecule has 2 heterocycles. The quantitative estimate of drug-likeness (QED) is 0.894. The van der Waals surface area contributed by atoms with Gasteiger partial charge in [-0.25, -0.2) is 4.79 Å². The van der Waals surface area contributed by atoms with Crippen molar-refractivity contribution < 1.29 is 13.9 Å². The molecule has 1 saturated heterocycles. The van der Waals surface area contributed by atoms with Crippen molar-refractivity contribution in [3.8, 4) is 0 Å². The number of oxazole rings is 1. The minimum absolute atomic E-state index is 0.00558. The minimum atomic E-state index is -0.351. The molecule has 1 aromatic carbocycles. The van der Waals surface area contributed by atoms with E-state index in [1.807, 2.05) is 18.2 Å². The Morgan fingerprint density at radius 3 is 2.74 bits per heavy atom. The van der Waals surface area contributed by atoms with Crippen molar-refractivity contribution in [1.82, 2.24) is 9.88 Å². The lowest BCUT2D eigenvalue weighted by Gasteiger charge is -2.40. The molecule has 4 rings (SSSR count). The number of hydrogen-bond donors (Lipinski definition) is 1. The Morgan fingerprint density at radius 2 is 1.96 bits per heavy atom. The fraction of sp³-hybridized carbons (Fsp3) is 0.619. The van der Waals surface area contributed by atoms with Crippen molar-refractivity contribution in [3.05, 3.63) is 34.8 Å². The van der Waals surface area contributed by atoms with Crippen LogP contribution in [0.15, 0.2) is 33.5 Å². The van der Waals surface area contributed by atoms with Crippen LogP contribution in [0, 0.1) is 5.92 Å². The molecule has 6 nitrogen and oxygen atoms in total. The number of nitrogens with one attached hydrogen (secondary N) is 1. The molecule has 0 spiro atoms. The molecule has 6 heteroatoms. The Hall–Kier alpha value is -2.08. The average Bonchev–Trinajstić information content (AvgIpc) is 2.97. The summed E-state index contributed by atoms with van der Waals surface area (Å²) in [5.41, 5.74) is 1.39. The molecular weight excluding hydrogens is 344 g/mol. The van der Waals surface area contributed by atoms with Crippen LogP contribution in [0.25, 0.3) is 11.1 Å². The Kier molecular flexibility index (Phi) is 5.34. The van der Waals surface area contributed by atoms with Gasteiger partial charge in [-0.1, -0.05) is 31.4 Å². The molecule has 3 atom stereocenters. The summed E-state index contributed by atoms with van der Waals surface area (Å²) in [7, 11) is 0. The first-order valence-electron chi connectivity index (χ1n) is 10.1. The molecule has 1 aliphatic heterocycles. The Labute approximate surface area is 158 Å². The smallest absolute Gasteiger partial charge is 0.408 e. The summed E-state index contributed by atoms with van der Waals surface area (Å²) >= 11 is 0. The lowest BCUT2D eigenvalue weighted by molar-refractivity contribution is -0.124. The Bertz CT molecular complexity index is 849. The maximum absolute atomic E-state index is 12.3. The molecule has 1 saturated carbocycles. The van der Waals surface area contributed by atoms with Gasteiger partial charge in [0.1, 0.15) is 0 Å². The third-order valence-corrected chi connectivity index (χ3v) is 5.97. The highest BCUT2D eigenvalue weighted by atomic mass is 16.5. The van der Waals surface area contributed by atoms with Gasteiger partial charge in [0.2, 0.25) is 5.91 Å². The molecule has 1 amide bonds. The summed E-state index contributed by atoms with van der Waals surface area (Å²) in [6.07, 6.45) is 7.82. The summed E-state index contributed by atoms with van der Waals surface area (Å²) in [6.45, 7) is 2.02. The van der Waals surface area contributed by atoms with E-state index in [0.29, 0.717) is 18.0 Å². The lowest BCUT2D eigenvalue weighted by atomic mass is 9.81. The van der Waals surface area contributed by atoms with Crippen molar-refractivity contribution in [2.75, 3.05) is 0 Å². The largest absolute Gasteiger partial charge is 0.420 e. The highest BCUT2D eigenvalue weighted by Gasteiger charge is 2.35. The summed E-state index contributed by atoms with van der Waals surface area (Å²) in [4.78, 5) is 24.0. The first-order valence-corrected chi connectivity index (χ1v) is 10.1. The highest BCUT2D eigenvalue weighted by molar-refractivity contribution is 5.73. The van der Waals surface area contributed by atoms with E-state index in [0.717, 1.165) is 18.4 Å². The molecule has 0 radical (unpaired) electrons. The summed E-state index contributed by atoms with van der Waals surface area (Å²) in [5.74, 6) is 0.195. The maximum Gasteiger partial charge on any atom is 0.420 e. The van der Waals surface area contributed by atoms with Gasteiger partial charge in [-0.2, -0.15) is 0 Å². The van der Waals surface area contributed by atoms with E-state index in [2.05, 4.69) is 5.32 Å². The number of para-hydroxylation sites is 2. The second-order valence-electron chi connectivity index (χ2n) is 8.01. The topological polar surface area (TPSA) is 73.5 Å². The van der Waals surface area contributed by atoms with E-state index in [9.17, 15) is 9.59 Å². The van der Waals surface area contributed by atoms with Crippen molar-refractivity contribution in [2.24, 2.45) is 5.92 Å². The zero-order chi connectivity index (χ0) is 18.8. The van der Waals surface area contributed by atoms with Crippen molar-refractivity contribution in [3.63, 3.8) is 0 Å². The molecule has 27 heavy (non-hydrogen) atoms. The van der Waals surface area contributed by atoms with E-state index in [1.54, 1.807) is 17.6 Å². The summed E-state index contributed by atoms with van der Waals surface area (Å²) in [5, 5.41) is 3.08. The highest BCUT2D eigenvalue weighted by Crippen LogP contribution is 2.34. The van der Waals surface area contributed by atoms with E-state index in [1.165, 1.54) is 32.1 Å². The standard InChI is InChI=1S/C21H28N2O4/c1-14(24)22-16-11-17(26-20(12-16)15-7-3-2-4-8-15)13-23-18-9-5-6-10-19(18)27-21(23)25/h5-6,9-10,15-17,20H,2-4,7-8,11-13H2,1H3,(H,22,24)/t16-,17-,20+/m0/s1. The SMILES string of the molecule is CC(=O)N[C@H]1C[C@@H](Cn2c(=O)oc3ccccc32)O[C@@H](C2CCCCC2)C1. The van der Waals surface area contributed by atoms with Gasteiger partial charge in [-0.05, 0) is 43.7 Å². The van der Waals surface area contributed by atoms with Gasteiger partial charge in [-0.15, -0.1) is 0 Å². The Morgan fingerprint density at radius 1 is 1.19 bits per heavy atom. The normalized spacial score (nSPS) is 26.9. The van der Waals surface area contributed by atoms with Gasteiger partial charge >= 0.3 is 5.76 Å². The third kappa shape index (κ3) is 4.10. The van der Waals surface area contributed by atoms with Crippen molar-refractivity contribution >= 4 is 17.0 Å². The van der Waals surface area contributed by atoms with Crippen LogP contribution in [0.3, 0.4) is 0 Å². The monoisotopic (exact) mass is 372 g/mol. The number of hydrogen-bond acceptors (Lipinski definition) is 4. The van der Waals surface area contributed by atoms with Crippen LogP contribution in [0.2, 0.25) is 0 Å². The van der Waals surface area contributed by atoms with Crippen LogP contribution >= 0.6 is 0 Å². The second kappa shape index (κ2) is 7.89. The van der Waals surface area contributed by atoms with Crippen LogP contribution < -0.4 is 11.1 Å². The molecule has 1 aromatic heterocycles. The van der Waals surface area contributed by atoms with E-state index in [-0.39, 0.29) is 29.9 Å². The first-order chi connectivity index (χ1) is 13.1. The fourth-order valence-corrected chi connectivity index (χ4v) is 4.78. The van der Waals surface area contributed by atoms with Gasteiger partial charge in [0.15, 0.2) is 5.58 Å². The van der Waals surface area contributed by atoms with Gasteiger partial charge < -0.3 is 14.5 Å². The minimum Gasteiger partial charge on any atom is -0.408 e. The first kappa shape index (κ1) is 18.3. The van der Waals surface area contributed by atoms with Gasteiger partial charge in [0.25, 0.3) is 0 Å². The van der Waals surface area contributed by atoms with Crippen LogP contribution in [0.4, 0.5) is 0 Å². The van der Waals surface area contributed by atoms with Gasteiger partial charge in [0.05, 0.1) is 24.3 Å². The van der Waals surface area contributed by atoms with E-state index < -0.39 is 0 Å². The zero-order valence-corrected chi connectivity index (χ0v) is 15.9. The molecule has 1 N–H and O–H groups in total. The third-order valence-electron chi connectivity index (χ3n) is 5.97. The molecule has 2 aliphatic rings. The second-order valence-corrected chi connectivity index (χ2v) is 8.01. The predicted octanol–water partition coefficient (Wildman–Crippen LogP) is 3.23. The summed E-state index contributed by atoms with van der Waals surface area (Å²) in [6, 6.07) is 7.56. The van der Waals surface area contributed by atoms with E-state index >= 15 is 0 Å². The number of carbonyl (C=O) groups is 1. The molecule has 0 unspecified atom stereocenters. The average molecular weight is 372 g/mol. The Balaban J connectivity index is 1.55. The number of aromatic nitrogens is 1. The fourth-order valence-electron chi connectivity index (χ4n) is 4.78. The lowest BCUT2D eigenvalue weighted by Crippen LogP contribution is -2.48. The zero-order valence-electron chi connectivity index (χ0n) is 15.9. The predicted molar refractivity (Wildman–Crippen MR) is 103 cm³/mol. The van der Waals surface area contributed by atoms with Crippen molar-refractivity contribution in [2.45, 2.75) is 76.7 Å². The molecule has 0 bridgehead atoms. The van der Waals surface area contributed by atoms with E-state index in [4.69, 9.17) is 9.15 Å². The van der Waals surface area contributed by atoms with Crippen molar-refractivity contribution in [1.29, 1.82) is 0 Å². The van der Waals surface area contributed by atoms with Crippen LogP contribution in [-0.2, 0) is 16.1 Å². The number of carbonyl (C=O) groups excluding carboxylic acids is 1. The molecule has 2 aromatic rings. The van der Waals surface area contributed by atoms with Gasteiger partial charge in [-0.3, -0.25) is 9.36 Å². The van der Waals surface area contributed by atoms with Crippen LogP contribution in [-0.4, -0.2) is 28.7 Å². The van der Waals surface area contributed by atoms with Crippen LogP contribution in [0.1, 0.15) is 51.9 Å². The number of fused-ring (bicyclic) bond motifs is 1. The van der Waals surface area contributed by atoms with Crippen LogP contribution in [0.5, 0.6) is 0 Å². The number of rotatable bonds is 4. The molecule has 2 fully saturated rings. The number of benzene rings is 1. The number of amides is 1. The number of ether oxygens (including phenoxy) is 1. The van der Waals surface area contributed by atoms with Gasteiger partial charge in [0, 0.05) is 13.0 Å². The maximum atomic E-state index is 12.3. The molecule has 146 valence electrons. The molecule has 1 aliphatic carbocycles.